The van der Waals surface area contributed by atoms with Crippen LogP contribution in [0.1, 0.15) is 29.6 Å². The number of aromatic carboxylic acids is 1. The maximum Gasteiger partial charge on any atom is 0.337 e. The molecule has 1 aromatic rings. The Balaban J connectivity index is 2.55. The molecule has 0 fully saturated rings. The lowest BCUT2D eigenvalue weighted by Gasteiger charge is -2.17. The quantitative estimate of drug-likeness (QED) is 0.869. The number of allylic oxidation sites excluding steroid dienone is 1. The third-order valence-electron chi connectivity index (χ3n) is 3.17. The molecular weight excluding hydrogens is 307 g/mol. The molecule has 0 amide bonds. The molecular formula is C13H12ClFO4S. The van der Waals surface area contributed by atoms with E-state index in [1.807, 2.05) is 0 Å². The highest BCUT2D eigenvalue weighted by Crippen LogP contribution is 2.29. The lowest BCUT2D eigenvalue weighted by molar-refractivity contribution is 0.0696. The van der Waals surface area contributed by atoms with Crippen LogP contribution < -0.4 is 0 Å². The smallest absolute Gasteiger partial charge is 0.337 e. The van der Waals surface area contributed by atoms with E-state index >= 15 is 0 Å². The van der Waals surface area contributed by atoms with Crippen molar-refractivity contribution in [3.8, 4) is 0 Å². The maximum absolute atomic E-state index is 13.6. The van der Waals surface area contributed by atoms with Gasteiger partial charge in [0.15, 0.2) is 9.84 Å². The fraction of sp³-hybridized carbons (Fsp3) is 0.308. The van der Waals surface area contributed by atoms with Crippen LogP contribution in [0.15, 0.2) is 29.2 Å². The Labute approximate surface area is 120 Å². The zero-order chi connectivity index (χ0) is 14.9. The van der Waals surface area contributed by atoms with Crippen molar-refractivity contribution < 1.29 is 22.7 Å². The minimum atomic E-state index is -3.81. The molecule has 2 rings (SSSR count). The molecule has 0 saturated carbocycles. The van der Waals surface area contributed by atoms with Gasteiger partial charge in [0.1, 0.15) is 5.82 Å². The molecule has 108 valence electrons. The van der Waals surface area contributed by atoms with Gasteiger partial charge in [-0.3, -0.25) is 0 Å². The molecule has 0 radical (unpaired) electrons. The van der Waals surface area contributed by atoms with Gasteiger partial charge in [-0.05, 0) is 31.4 Å². The van der Waals surface area contributed by atoms with E-state index in [4.69, 9.17) is 16.7 Å². The molecule has 1 aliphatic carbocycles. The van der Waals surface area contributed by atoms with Crippen LogP contribution in [0.3, 0.4) is 0 Å². The molecule has 4 nitrogen and oxygen atoms in total. The van der Waals surface area contributed by atoms with E-state index in [1.54, 1.807) is 12.2 Å². The van der Waals surface area contributed by atoms with Crippen molar-refractivity contribution in [3.63, 3.8) is 0 Å². The lowest BCUT2D eigenvalue weighted by Crippen LogP contribution is -2.21. The van der Waals surface area contributed by atoms with Crippen molar-refractivity contribution in [2.24, 2.45) is 0 Å². The molecule has 1 N–H and O–H groups in total. The van der Waals surface area contributed by atoms with E-state index in [0.717, 1.165) is 25.0 Å². The highest BCUT2D eigenvalue weighted by atomic mass is 35.5. The van der Waals surface area contributed by atoms with Gasteiger partial charge in [0.2, 0.25) is 0 Å². The first-order valence-corrected chi connectivity index (χ1v) is 7.89. The van der Waals surface area contributed by atoms with Gasteiger partial charge in [-0.2, -0.15) is 0 Å². The summed E-state index contributed by atoms with van der Waals surface area (Å²) in [4.78, 5) is 10.6. The Hall–Kier alpha value is -1.40. The number of carboxylic acids is 1. The normalized spacial score (nSPS) is 19.0. The predicted molar refractivity (Wildman–Crippen MR) is 72.3 cm³/mol. The molecule has 1 unspecified atom stereocenters. The number of halogens is 2. The van der Waals surface area contributed by atoms with Crippen molar-refractivity contribution in [2.45, 2.75) is 29.4 Å². The topological polar surface area (TPSA) is 71.4 Å². The summed E-state index contributed by atoms with van der Waals surface area (Å²) in [5, 5.41) is 7.59. The Kier molecular flexibility index (Phi) is 4.15. The number of benzene rings is 1. The summed E-state index contributed by atoms with van der Waals surface area (Å²) in [6.07, 6.45) is 5.29. The Morgan fingerprint density at radius 3 is 2.65 bits per heavy atom. The number of rotatable bonds is 3. The predicted octanol–water partition coefficient (Wildman–Crippen LogP) is 3.06. The van der Waals surface area contributed by atoms with Crippen LogP contribution in [0.5, 0.6) is 0 Å². The van der Waals surface area contributed by atoms with Crippen molar-refractivity contribution in [3.05, 3.63) is 40.7 Å². The minimum Gasteiger partial charge on any atom is -0.478 e. The van der Waals surface area contributed by atoms with Gasteiger partial charge in [-0.15, -0.1) is 0 Å². The van der Waals surface area contributed by atoms with Gasteiger partial charge >= 0.3 is 5.97 Å². The third kappa shape index (κ3) is 2.71. The van der Waals surface area contributed by atoms with Gasteiger partial charge < -0.3 is 5.11 Å². The Morgan fingerprint density at radius 2 is 2.10 bits per heavy atom. The zero-order valence-corrected chi connectivity index (χ0v) is 11.9. The summed E-state index contributed by atoms with van der Waals surface area (Å²) >= 11 is 5.53. The van der Waals surface area contributed by atoms with E-state index in [0.29, 0.717) is 6.42 Å². The number of carbonyl (C=O) groups is 1. The second kappa shape index (κ2) is 5.54. The van der Waals surface area contributed by atoms with Crippen LogP contribution >= 0.6 is 11.6 Å². The first-order valence-electron chi connectivity index (χ1n) is 5.97. The molecule has 1 atom stereocenters. The first kappa shape index (κ1) is 15.0. The molecule has 1 aromatic carbocycles. The SMILES string of the molecule is O=C(O)c1cc(S(=O)(=O)C2C=CCCC2)cc(F)c1Cl. The van der Waals surface area contributed by atoms with Crippen molar-refractivity contribution >= 4 is 27.4 Å². The van der Waals surface area contributed by atoms with Crippen molar-refractivity contribution in [2.75, 3.05) is 0 Å². The van der Waals surface area contributed by atoms with Crippen LogP contribution in [-0.2, 0) is 9.84 Å². The van der Waals surface area contributed by atoms with Crippen LogP contribution in [-0.4, -0.2) is 24.7 Å². The highest BCUT2D eigenvalue weighted by molar-refractivity contribution is 7.92. The standard InChI is InChI=1S/C13H12ClFO4S/c14-12-10(13(16)17)6-9(7-11(12)15)20(18,19)8-4-2-1-3-5-8/h2,4,6-8H,1,3,5H2,(H,16,17). The molecule has 7 heteroatoms. The van der Waals surface area contributed by atoms with E-state index in [-0.39, 0.29) is 4.90 Å². The van der Waals surface area contributed by atoms with Gasteiger partial charge in [0.05, 0.1) is 20.7 Å². The summed E-state index contributed by atoms with van der Waals surface area (Å²) in [7, 11) is -3.81. The second-order valence-corrected chi connectivity index (χ2v) is 7.06. The molecule has 0 aliphatic heterocycles. The average molecular weight is 319 g/mol. The number of hydrogen-bond donors (Lipinski definition) is 1. The van der Waals surface area contributed by atoms with Crippen LogP contribution in [0.2, 0.25) is 5.02 Å². The minimum absolute atomic E-state index is 0.353. The van der Waals surface area contributed by atoms with Crippen molar-refractivity contribution in [1.82, 2.24) is 0 Å². The highest BCUT2D eigenvalue weighted by Gasteiger charge is 2.29. The van der Waals surface area contributed by atoms with E-state index in [9.17, 15) is 17.6 Å². The summed E-state index contributed by atoms with van der Waals surface area (Å²) < 4.78 is 38.4. The lowest BCUT2D eigenvalue weighted by atomic mass is 10.1. The Bertz CT molecular complexity index is 682. The van der Waals surface area contributed by atoms with Crippen LogP contribution in [0.25, 0.3) is 0 Å². The summed E-state index contributed by atoms with van der Waals surface area (Å²) in [6.45, 7) is 0. The van der Waals surface area contributed by atoms with Crippen LogP contribution in [0.4, 0.5) is 4.39 Å². The second-order valence-electron chi connectivity index (χ2n) is 4.51. The molecule has 0 saturated heterocycles. The van der Waals surface area contributed by atoms with Gasteiger partial charge in [0.25, 0.3) is 0 Å². The third-order valence-corrected chi connectivity index (χ3v) is 5.64. The summed E-state index contributed by atoms with van der Waals surface area (Å²) in [5.41, 5.74) is -0.551. The van der Waals surface area contributed by atoms with Crippen LogP contribution in [0, 0.1) is 5.82 Å². The number of sulfone groups is 1. The Morgan fingerprint density at radius 1 is 1.40 bits per heavy atom. The number of hydrogen-bond acceptors (Lipinski definition) is 3. The molecule has 0 spiro atoms. The molecule has 0 aromatic heterocycles. The first-order chi connectivity index (χ1) is 9.34. The summed E-state index contributed by atoms with van der Waals surface area (Å²) in [5.74, 6) is -2.52. The zero-order valence-electron chi connectivity index (χ0n) is 10.3. The fourth-order valence-corrected chi connectivity index (χ4v) is 3.98. The average Bonchev–Trinajstić information content (AvgIpc) is 2.42. The fourth-order valence-electron chi connectivity index (χ4n) is 2.10. The molecule has 0 bridgehead atoms. The van der Waals surface area contributed by atoms with Gasteiger partial charge in [-0.1, -0.05) is 23.8 Å². The van der Waals surface area contributed by atoms with E-state index in [2.05, 4.69) is 0 Å². The van der Waals surface area contributed by atoms with Gasteiger partial charge in [0, 0.05) is 0 Å². The summed E-state index contributed by atoms with van der Waals surface area (Å²) in [6, 6.07) is 1.68. The maximum atomic E-state index is 13.6. The number of carboxylic acid groups (broad SMARTS) is 1. The molecule has 0 heterocycles. The van der Waals surface area contributed by atoms with E-state index < -0.39 is 37.5 Å². The van der Waals surface area contributed by atoms with E-state index in [1.165, 1.54) is 0 Å². The largest absolute Gasteiger partial charge is 0.478 e. The molecule has 1 aliphatic rings. The van der Waals surface area contributed by atoms with Gasteiger partial charge in [-0.25, -0.2) is 17.6 Å². The molecule has 20 heavy (non-hydrogen) atoms. The monoisotopic (exact) mass is 318 g/mol. The van der Waals surface area contributed by atoms with Crippen molar-refractivity contribution in [1.29, 1.82) is 0 Å².